The fourth-order valence-corrected chi connectivity index (χ4v) is 1.79. The Hall–Kier alpha value is -1.18. The molecule has 1 unspecified atom stereocenters. The van der Waals surface area contributed by atoms with Gasteiger partial charge < -0.3 is 14.8 Å². The summed E-state index contributed by atoms with van der Waals surface area (Å²) in [6.07, 6.45) is -0.159. The number of hydrogen-bond acceptors (Lipinski definition) is 5. The number of nitrogens with zero attached hydrogens (tertiary/aromatic N) is 1. The third-order valence-electron chi connectivity index (χ3n) is 2.36. The zero-order chi connectivity index (χ0) is 13.5. The van der Waals surface area contributed by atoms with E-state index in [-0.39, 0.29) is 11.8 Å². The summed E-state index contributed by atoms with van der Waals surface area (Å²) in [6.45, 7) is 0.854. The van der Waals surface area contributed by atoms with Gasteiger partial charge in [0.05, 0.1) is 17.6 Å². The zero-order valence-electron chi connectivity index (χ0n) is 10.2. The van der Waals surface area contributed by atoms with Gasteiger partial charge in [0, 0.05) is 31.3 Å². The SMILES string of the molecule is COCC(CNc1cc(Br)ccc1[N+](=O)[O-])OC. The summed E-state index contributed by atoms with van der Waals surface area (Å²) < 4.78 is 10.9. The maximum atomic E-state index is 10.9. The molecule has 18 heavy (non-hydrogen) atoms. The first-order valence-corrected chi connectivity index (χ1v) is 6.07. The van der Waals surface area contributed by atoms with Gasteiger partial charge in [-0.1, -0.05) is 15.9 Å². The maximum absolute atomic E-state index is 10.9. The minimum absolute atomic E-state index is 0.0328. The van der Waals surface area contributed by atoms with Gasteiger partial charge in [0.25, 0.3) is 5.69 Å². The minimum atomic E-state index is -0.424. The lowest BCUT2D eigenvalue weighted by Gasteiger charge is -2.15. The van der Waals surface area contributed by atoms with Gasteiger partial charge in [-0.3, -0.25) is 10.1 Å². The fourth-order valence-electron chi connectivity index (χ4n) is 1.43. The highest BCUT2D eigenvalue weighted by Gasteiger charge is 2.15. The Bertz CT molecular complexity index is 414. The number of hydrogen-bond donors (Lipinski definition) is 1. The summed E-state index contributed by atoms with van der Waals surface area (Å²) in [5.41, 5.74) is 0.484. The second-order valence-corrected chi connectivity index (χ2v) is 4.53. The number of benzene rings is 1. The van der Waals surface area contributed by atoms with Crippen LogP contribution in [0.3, 0.4) is 0 Å². The van der Waals surface area contributed by atoms with Crippen LogP contribution in [-0.2, 0) is 9.47 Å². The van der Waals surface area contributed by atoms with E-state index in [4.69, 9.17) is 9.47 Å². The number of rotatable bonds is 7. The smallest absolute Gasteiger partial charge is 0.292 e. The second kappa shape index (κ2) is 7.30. The van der Waals surface area contributed by atoms with E-state index in [0.29, 0.717) is 18.8 Å². The van der Waals surface area contributed by atoms with Gasteiger partial charge in [0.15, 0.2) is 0 Å². The standard InChI is InChI=1S/C11H15BrN2O4/c1-17-7-9(18-2)6-13-10-5-8(12)3-4-11(10)14(15)16/h3-5,9,13H,6-7H2,1-2H3. The predicted octanol–water partition coefficient (Wildman–Crippen LogP) is 2.43. The molecule has 0 spiro atoms. The molecule has 0 aliphatic rings. The third kappa shape index (κ3) is 4.25. The summed E-state index contributed by atoms with van der Waals surface area (Å²) in [6, 6.07) is 4.74. The number of nitro benzene ring substituents is 1. The molecule has 1 aromatic carbocycles. The van der Waals surface area contributed by atoms with Gasteiger partial charge in [-0.15, -0.1) is 0 Å². The van der Waals surface area contributed by atoms with E-state index in [1.54, 1.807) is 26.4 Å². The molecular formula is C11H15BrN2O4. The van der Waals surface area contributed by atoms with E-state index in [0.717, 1.165) is 4.47 Å². The first kappa shape index (κ1) is 14.9. The van der Waals surface area contributed by atoms with Crippen LogP contribution < -0.4 is 5.32 Å². The molecule has 1 N–H and O–H groups in total. The highest BCUT2D eigenvalue weighted by molar-refractivity contribution is 9.10. The fraction of sp³-hybridized carbons (Fsp3) is 0.455. The summed E-state index contributed by atoms with van der Waals surface area (Å²) >= 11 is 3.28. The molecule has 0 aliphatic heterocycles. The van der Waals surface area contributed by atoms with Crippen molar-refractivity contribution in [3.63, 3.8) is 0 Å². The predicted molar refractivity (Wildman–Crippen MR) is 72.0 cm³/mol. The molecule has 0 radical (unpaired) electrons. The molecule has 1 atom stereocenters. The van der Waals surface area contributed by atoms with Crippen molar-refractivity contribution < 1.29 is 14.4 Å². The average molecular weight is 319 g/mol. The summed E-state index contributed by atoms with van der Waals surface area (Å²) in [7, 11) is 3.15. The first-order valence-electron chi connectivity index (χ1n) is 5.28. The van der Waals surface area contributed by atoms with Crippen molar-refractivity contribution >= 4 is 27.3 Å². The van der Waals surface area contributed by atoms with E-state index in [1.807, 2.05) is 0 Å². The lowest BCUT2D eigenvalue weighted by Crippen LogP contribution is -2.26. The Kier molecular flexibility index (Phi) is 6.03. The Balaban J connectivity index is 2.76. The Morgan fingerprint density at radius 1 is 1.50 bits per heavy atom. The number of ether oxygens (including phenoxy) is 2. The molecule has 0 aromatic heterocycles. The lowest BCUT2D eigenvalue weighted by molar-refractivity contribution is -0.384. The molecule has 0 saturated carbocycles. The summed E-state index contributed by atoms with van der Waals surface area (Å²) in [5.74, 6) is 0. The van der Waals surface area contributed by atoms with Crippen LogP contribution in [0.15, 0.2) is 22.7 Å². The van der Waals surface area contributed by atoms with E-state index in [1.165, 1.54) is 6.07 Å². The minimum Gasteiger partial charge on any atom is -0.382 e. The molecule has 0 aliphatic carbocycles. The van der Waals surface area contributed by atoms with Gasteiger partial charge in [-0.2, -0.15) is 0 Å². The molecular weight excluding hydrogens is 304 g/mol. The van der Waals surface area contributed by atoms with Crippen LogP contribution in [-0.4, -0.2) is 38.4 Å². The summed E-state index contributed by atoms with van der Waals surface area (Å²) in [5, 5.41) is 13.9. The van der Waals surface area contributed by atoms with Crippen molar-refractivity contribution in [2.45, 2.75) is 6.10 Å². The largest absolute Gasteiger partial charge is 0.382 e. The number of nitro groups is 1. The molecule has 0 saturated heterocycles. The highest BCUT2D eigenvalue weighted by atomic mass is 79.9. The molecule has 1 aromatic rings. The Morgan fingerprint density at radius 2 is 2.22 bits per heavy atom. The maximum Gasteiger partial charge on any atom is 0.292 e. The quantitative estimate of drug-likeness (QED) is 0.617. The average Bonchev–Trinajstić information content (AvgIpc) is 2.34. The van der Waals surface area contributed by atoms with E-state index < -0.39 is 4.92 Å². The van der Waals surface area contributed by atoms with Gasteiger partial charge in [-0.25, -0.2) is 0 Å². The second-order valence-electron chi connectivity index (χ2n) is 3.61. The van der Waals surface area contributed by atoms with Crippen molar-refractivity contribution in [2.75, 3.05) is 32.7 Å². The number of anilines is 1. The van der Waals surface area contributed by atoms with Crippen molar-refractivity contribution in [1.29, 1.82) is 0 Å². The van der Waals surface area contributed by atoms with Gasteiger partial charge >= 0.3 is 0 Å². The van der Waals surface area contributed by atoms with Crippen molar-refractivity contribution in [2.24, 2.45) is 0 Å². The molecule has 1 rings (SSSR count). The monoisotopic (exact) mass is 318 g/mol. The zero-order valence-corrected chi connectivity index (χ0v) is 11.8. The van der Waals surface area contributed by atoms with Crippen LogP contribution in [0.4, 0.5) is 11.4 Å². The topological polar surface area (TPSA) is 73.6 Å². The van der Waals surface area contributed by atoms with Crippen molar-refractivity contribution in [3.8, 4) is 0 Å². The third-order valence-corrected chi connectivity index (χ3v) is 2.85. The molecule has 0 amide bonds. The van der Waals surface area contributed by atoms with Crippen molar-refractivity contribution in [3.05, 3.63) is 32.8 Å². The molecule has 100 valence electrons. The highest BCUT2D eigenvalue weighted by Crippen LogP contribution is 2.27. The molecule has 6 nitrogen and oxygen atoms in total. The molecule has 0 bridgehead atoms. The van der Waals surface area contributed by atoms with Crippen LogP contribution in [0.1, 0.15) is 0 Å². The van der Waals surface area contributed by atoms with Gasteiger partial charge in [-0.05, 0) is 12.1 Å². The Labute approximate surface area is 114 Å². The Morgan fingerprint density at radius 3 is 2.78 bits per heavy atom. The van der Waals surface area contributed by atoms with Crippen LogP contribution in [0.2, 0.25) is 0 Å². The van der Waals surface area contributed by atoms with Crippen LogP contribution in [0.25, 0.3) is 0 Å². The van der Waals surface area contributed by atoms with E-state index in [2.05, 4.69) is 21.2 Å². The molecule has 7 heteroatoms. The summed E-state index contributed by atoms with van der Waals surface area (Å²) in [4.78, 5) is 10.4. The number of nitrogens with one attached hydrogen (secondary N) is 1. The van der Waals surface area contributed by atoms with E-state index >= 15 is 0 Å². The van der Waals surface area contributed by atoms with E-state index in [9.17, 15) is 10.1 Å². The van der Waals surface area contributed by atoms with Crippen molar-refractivity contribution in [1.82, 2.24) is 0 Å². The first-order chi connectivity index (χ1) is 8.58. The number of methoxy groups -OCH3 is 2. The molecule has 0 fully saturated rings. The lowest BCUT2D eigenvalue weighted by atomic mass is 10.2. The molecule has 0 heterocycles. The normalized spacial score (nSPS) is 12.2. The van der Waals surface area contributed by atoms with Gasteiger partial charge in [0.1, 0.15) is 5.69 Å². The van der Waals surface area contributed by atoms with Gasteiger partial charge in [0.2, 0.25) is 0 Å². The van der Waals surface area contributed by atoms with Crippen LogP contribution in [0, 0.1) is 10.1 Å². The number of halogens is 1. The van der Waals surface area contributed by atoms with Crippen LogP contribution in [0.5, 0.6) is 0 Å². The van der Waals surface area contributed by atoms with Crippen LogP contribution >= 0.6 is 15.9 Å².